The van der Waals surface area contributed by atoms with Crippen LogP contribution in [0.5, 0.6) is 0 Å². The molecule has 2 unspecified atom stereocenters. The zero-order chi connectivity index (χ0) is 12.3. The Kier molecular flexibility index (Phi) is 4.26. The second-order valence-corrected chi connectivity index (χ2v) is 4.60. The molecule has 16 heavy (non-hydrogen) atoms. The van der Waals surface area contributed by atoms with Gasteiger partial charge in [-0.3, -0.25) is 9.59 Å². The number of hydrogen-bond donors (Lipinski definition) is 1. The maximum atomic E-state index is 12.4. The van der Waals surface area contributed by atoms with Crippen molar-refractivity contribution in [1.29, 1.82) is 0 Å². The Hall–Kier alpha value is -1.13. The summed E-state index contributed by atoms with van der Waals surface area (Å²) in [7, 11) is 0. The van der Waals surface area contributed by atoms with Gasteiger partial charge in [-0.1, -0.05) is 13.8 Å². The van der Waals surface area contributed by atoms with Crippen LogP contribution in [0.1, 0.15) is 27.2 Å². The average molecular weight is 230 g/mol. The van der Waals surface area contributed by atoms with E-state index in [1.54, 1.807) is 6.92 Å². The lowest BCUT2D eigenvalue weighted by Gasteiger charge is -2.38. The van der Waals surface area contributed by atoms with Crippen molar-refractivity contribution in [3.05, 3.63) is 0 Å². The fourth-order valence-electron chi connectivity index (χ4n) is 1.95. The number of nitrogens with one attached hydrogen (secondary N) is 1. The van der Waals surface area contributed by atoms with Crippen LogP contribution in [0.2, 0.25) is 0 Å². The molecule has 0 aromatic heterocycles. The molecule has 5 heteroatoms. The van der Waals surface area contributed by atoms with Crippen LogP contribution < -0.4 is 5.32 Å². The van der Waals surface area contributed by atoms with E-state index in [9.17, 15) is 14.0 Å². The lowest BCUT2D eigenvalue weighted by molar-refractivity contribution is -0.149. The molecule has 1 heterocycles. The molecular formula is C11H19FN2O2. The number of nitrogens with zero attached hydrogens (tertiary/aromatic N) is 1. The minimum Gasteiger partial charge on any atom is -0.343 e. The van der Waals surface area contributed by atoms with Crippen molar-refractivity contribution in [3.63, 3.8) is 0 Å². The van der Waals surface area contributed by atoms with Gasteiger partial charge >= 0.3 is 0 Å². The Labute approximate surface area is 95.2 Å². The minimum absolute atomic E-state index is 0.00792. The largest absolute Gasteiger partial charge is 0.343 e. The molecule has 4 nitrogen and oxygen atoms in total. The summed E-state index contributed by atoms with van der Waals surface area (Å²) in [4.78, 5) is 24.9. The summed E-state index contributed by atoms with van der Waals surface area (Å²) in [5.74, 6) is -0.0729. The van der Waals surface area contributed by atoms with Gasteiger partial charge in [-0.25, -0.2) is 4.39 Å². The zero-order valence-electron chi connectivity index (χ0n) is 10.00. The Bertz CT molecular complexity index is 281. The maximum Gasteiger partial charge on any atom is 0.245 e. The van der Waals surface area contributed by atoms with Crippen LogP contribution >= 0.6 is 0 Å². The van der Waals surface area contributed by atoms with Crippen molar-refractivity contribution in [2.24, 2.45) is 5.92 Å². The van der Waals surface area contributed by atoms with Gasteiger partial charge in [-0.05, 0) is 19.3 Å². The molecule has 1 saturated heterocycles. The Morgan fingerprint density at radius 1 is 1.44 bits per heavy atom. The van der Waals surface area contributed by atoms with Crippen LogP contribution in [0.15, 0.2) is 0 Å². The molecule has 1 N–H and O–H groups in total. The summed E-state index contributed by atoms with van der Waals surface area (Å²) >= 11 is 0. The number of alkyl halides is 1. The maximum absolute atomic E-state index is 12.4. The van der Waals surface area contributed by atoms with Crippen LogP contribution in [0.25, 0.3) is 0 Å². The smallest absolute Gasteiger partial charge is 0.245 e. The molecule has 0 aromatic rings. The monoisotopic (exact) mass is 230 g/mol. The highest BCUT2D eigenvalue weighted by atomic mass is 19.1. The molecular weight excluding hydrogens is 211 g/mol. The van der Waals surface area contributed by atoms with Crippen LogP contribution in [0.4, 0.5) is 4.39 Å². The first kappa shape index (κ1) is 12.9. The predicted octanol–water partition coefficient (Wildman–Crippen LogP) is 0.717. The number of carbonyl (C=O) groups excluding carboxylic acids is 2. The molecule has 2 amide bonds. The average Bonchev–Trinajstić information content (AvgIpc) is 2.19. The Morgan fingerprint density at radius 3 is 2.56 bits per heavy atom. The lowest BCUT2D eigenvalue weighted by Crippen LogP contribution is -2.63. The van der Waals surface area contributed by atoms with E-state index >= 15 is 0 Å². The van der Waals surface area contributed by atoms with E-state index < -0.39 is 18.8 Å². The van der Waals surface area contributed by atoms with Gasteiger partial charge in [0.1, 0.15) is 18.8 Å². The number of rotatable bonds is 4. The van der Waals surface area contributed by atoms with E-state index in [2.05, 4.69) is 5.32 Å². The third-order valence-electron chi connectivity index (χ3n) is 2.71. The van der Waals surface area contributed by atoms with Crippen molar-refractivity contribution in [1.82, 2.24) is 10.2 Å². The third-order valence-corrected chi connectivity index (χ3v) is 2.71. The molecule has 0 radical (unpaired) electrons. The summed E-state index contributed by atoms with van der Waals surface area (Å²) in [5, 5.41) is 2.62. The highest BCUT2D eigenvalue weighted by Gasteiger charge is 2.38. The van der Waals surface area contributed by atoms with E-state index in [0.717, 1.165) is 0 Å². The van der Waals surface area contributed by atoms with E-state index in [1.807, 2.05) is 13.8 Å². The second-order valence-electron chi connectivity index (χ2n) is 4.60. The zero-order valence-corrected chi connectivity index (χ0v) is 10.00. The number of amides is 2. The van der Waals surface area contributed by atoms with Gasteiger partial charge in [0, 0.05) is 6.54 Å². The molecule has 1 fully saturated rings. The number of piperazine rings is 1. The number of halogens is 1. The highest BCUT2D eigenvalue weighted by molar-refractivity contribution is 5.96. The second kappa shape index (κ2) is 5.27. The first-order valence-corrected chi connectivity index (χ1v) is 5.64. The van der Waals surface area contributed by atoms with Crippen molar-refractivity contribution in [3.8, 4) is 0 Å². The molecule has 0 saturated carbocycles. The van der Waals surface area contributed by atoms with Gasteiger partial charge < -0.3 is 10.2 Å². The fraction of sp³-hybridized carbons (Fsp3) is 0.818. The number of carbonyl (C=O) groups is 2. The third kappa shape index (κ3) is 2.71. The topological polar surface area (TPSA) is 49.4 Å². The Balaban J connectivity index is 2.82. The standard InChI is InChI=1S/C11H19FN2O2/c1-7(2)6-9-10(15)13-8(3)11(16)14(9)5-4-12/h7-9H,4-6H2,1-3H3,(H,13,15). The summed E-state index contributed by atoms with van der Waals surface area (Å²) in [6.45, 7) is 4.97. The molecule has 0 bridgehead atoms. The first-order chi connectivity index (χ1) is 7.47. The quantitative estimate of drug-likeness (QED) is 0.773. The van der Waals surface area contributed by atoms with Crippen molar-refractivity contribution in [2.75, 3.05) is 13.2 Å². The molecule has 92 valence electrons. The summed E-state index contributed by atoms with van der Waals surface area (Å²) < 4.78 is 12.4. The normalized spacial score (nSPS) is 26.2. The summed E-state index contributed by atoms with van der Waals surface area (Å²) in [5.41, 5.74) is 0. The summed E-state index contributed by atoms with van der Waals surface area (Å²) in [6.07, 6.45) is 0.574. The van der Waals surface area contributed by atoms with E-state index in [-0.39, 0.29) is 18.4 Å². The SMILES string of the molecule is CC(C)CC1C(=O)NC(C)C(=O)N1CCF. The molecule has 1 aliphatic rings. The molecule has 1 aliphatic heterocycles. The van der Waals surface area contributed by atoms with E-state index in [0.29, 0.717) is 12.3 Å². The molecule has 0 spiro atoms. The highest BCUT2D eigenvalue weighted by Crippen LogP contribution is 2.17. The minimum atomic E-state index is -0.611. The molecule has 0 aromatic carbocycles. The van der Waals surface area contributed by atoms with E-state index in [1.165, 1.54) is 4.90 Å². The van der Waals surface area contributed by atoms with Crippen LogP contribution in [0, 0.1) is 5.92 Å². The summed E-state index contributed by atoms with van der Waals surface area (Å²) in [6, 6.07) is -1.05. The van der Waals surface area contributed by atoms with Gasteiger partial charge in [0.15, 0.2) is 0 Å². The van der Waals surface area contributed by atoms with Gasteiger partial charge in [-0.2, -0.15) is 0 Å². The van der Waals surface area contributed by atoms with Crippen LogP contribution in [-0.2, 0) is 9.59 Å². The fourth-order valence-corrected chi connectivity index (χ4v) is 1.95. The lowest BCUT2D eigenvalue weighted by atomic mass is 9.98. The Morgan fingerprint density at radius 2 is 2.06 bits per heavy atom. The van der Waals surface area contributed by atoms with Crippen LogP contribution in [-0.4, -0.2) is 42.0 Å². The molecule has 0 aliphatic carbocycles. The molecule has 1 rings (SSSR count). The van der Waals surface area contributed by atoms with Gasteiger partial charge in [-0.15, -0.1) is 0 Å². The van der Waals surface area contributed by atoms with Gasteiger partial charge in [0.25, 0.3) is 0 Å². The van der Waals surface area contributed by atoms with Gasteiger partial charge in [0.2, 0.25) is 11.8 Å². The van der Waals surface area contributed by atoms with Crippen molar-refractivity contribution in [2.45, 2.75) is 39.3 Å². The molecule has 2 atom stereocenters. The first-order valence-electron chi connectivity index (χ1n) is 5.64. The van der Waals surface area contributed by atoms with Crippen LogP contribution in [0.3, 0.4) is 0 Å². The van der Waals surface area contributed by atoms with Crippen molar-refractivity contribution >= 4 is 11.8 Å². The van der Waals surface area contributed by atoms with Crippen molar-refractivity contribution < 1.29 is 14.0 Å². The number of hydrogen-bond acceptors (Lipinski definition) is 2. The van der Waals surface area contributed by atoms with Gasteiger partial charge in [0.05, 0.1) is 0 Å². The van der Waals surface area contributed by atoms with E-state index in [4.69, 9.17) is 0 Å². The predicted molar refractivity (Wildman–Crippen MR) is 58.5 cm³/mol.